The van der Waals surface area contributed by atoms with Gasteiger partial charge in [-0.1, -0.05) is 25.7 Å². The minimum atomic E-state index is -0.0693. The zero-order valence-electron chi connectivity index (χ0n) is 14.6. The molecule has 0 unspecified atom stereocenters. The van der Waals surface area contributed by atoms with Crippen molar-refractivity contribution in [3.63, 3.8) is 0 Å². The van der Waals surface area contributed by atoms with Gasteiger partial charge in [0.1, 0.15) is 0 Å². The number of amides is 3. The van der Waals surface area contributed by atoms with E-state index in [4.69, 9.17) is 4.74 Å². The SMILES string of the molecule is O=C1NCCOCCCN(C(=O)NC2CCCCC2)[C@H]2CCC[C@@H]12. The third-order valence-electron chi connectivity index (χ3n) is 5.64. The number of fused-ring (bicyclic) bond motifs is 1. The number of hydrogen-bond acceptors (Lipinski definition) is 3. The van der Waals surface area contributed by atoms with E-state index < -0.39 is 0 Å². The van der Waals surface area contributed by atoms with Crippen molar-refractivity contribution in [2.75, 3.05) is 26.3 Å². The van der Waals surface area contributed by atoms with E-state index in [9.17, 15) is 9.59 Å². The maximum absolute atomic E-state index is 12.9. The summed E-state index contributed by atoms with van der Waals surface area (Å²) in [7, 11) is 0. The lowest BCUT2D eigenvalue weighted by atomic mass is 9.95. The molecular formula is C18H31N3O3. The van der Waals surface area contributed by atoms with Gasteiger partial charge in [0.15, 0.2) is 0 Å². The zero-order chi connectivity index (χ0) is 16.8. The summed E-state index contributed by atoms with van der Waals surface area (Å²) in [6.07, 6.45) is 9.50. The van der Waals surface area contributed by atoms with E-state index in [1.807, 2.05) is 4.90 Å². The summed E-state index contributed by atoms with van der Waals surface area (Å²) in [5.41, 5.74) is 0. The van der Waals surface area contributed by atoms with Crippen molar-refractivity contribution in [2.24, 2.45) is 5.92 Å². The first-order chi connectivity index (χ1) is 11.8. The summed E-state index contributed by atoms with van der Waals surface area (Å²) < 4.78 is 5.54. The molecule has 2 saturated carbocycles. The largest absolute Gasteiger partial charge is 0.380 e. The van der Waals surface area contributed by atoms with Crippen molar-refractivity contribution in [1.29, 1.82) is 0 Å². The van der Waals surface area contributed by atoms with Gasteiger partial charge in [0.05, 0.1) is 12.5 Å². The molecule has 2 aliphatic carbocycles. The van der Waals surface area contributed by atoms with Gasteiger partial charge in [-0.3, -0.25) is 4.79 Å². The van der Waals surface area contributed by atoms with Gasteiger partial charge in [0, 0.05) is 31.8 Å². The lowest BCUT2D eigenvalue weighted by molar-refractivity contribution is -0.126. The van der Waals surface area contributed by atoms with Crippen LogP contribution in [0.15, 0.2) is 0 Å². The number of nitrogens with one attached hydrogen (secondary N) is 2. The van der Waals surface area contributed by atoms with Crippen LogP contribution in [0.1, 0.15) is 57.8 Å². The van der Waals surface area contributed by atoms with E-state index in [0.717, 1.165) is 38.5 Å². The number of nitrogens with zero attached hydrogens (tertiary/aromatic N) is 1. The average molecular weight is 337 g/mol. The second-order valence-corrected chi connectivity index (χ2v) is 7.34. The van der Waals surface area contributed by atoms with Crippen LogP contribution in [0.4, 0.5) is 4.79 Å². The topological polar surface area (TPSA) is 70.7 Å². The average Bonchev–Trinajstić information content (AvgIpc) is 3.06. The second kappa shape index (κ2) is 8.70. The highest BCUT2D eigenvalue weighted by molar-refractivity contribution is 5.81. The number of rotatable bonds is 1. The van der Waals surface area contributed by atoms with Crippen LogP contribution in [0.25, 0.3) is 0 Å². The zero-order valence-corrected chi connectivity index (χ0v) is 14.6. The minimum Gasteiger partial charge on any atom is -0.380 e. The molecule has 6 nitrogen and oxygen atoms in total. The number of hydrogen-bond donors (Lipinski definition) is 2. The standard InChI is InChI=1S/C18H31N3O3/c22-17-15-8-4-9-16(15)21(11-5-12-24-13-10-19-17)18(23)20-14-6-2-1-3-7-14/h14-16H,1-13H2,(H,19,22)(H,20,23)/t15-,16+/m1/s1. The highest BCUT2D eigenvalue weighted by Gasteiger charge is 2.39. The number of carbonyl (C=O) groups is 2. The van der Waals surface area contributed by atoms with Crippen LogP contribution in [-0.2, 0) is 9.53 Å². The van der Waals surface area contributed by atoms with Gasteiger partial charge in [-0.15, -0.1) is 0 Å². The lowest BCUT2D eigenvalue weighted by Gasteiger charge is -2.34. The molecule has 3 amide bonds. The monoisotopic (exact) mass is 337 g/mol. The number of carbonyl (C=O) groups excluding carboxylic acids is 2. The fourth-order valence-electron chi connectivity index (χ4n) is 4.36. The summed E-state index contributed by atoms with van der Waals surface area (Å²) >= 11 is 0. The van der Waals surface area contributed by atoms with Gasteiger partial charge < -0.3 is 20.3 Å². The molecule has 2 atom stereocenters. The molecule has 0 bridgehead atoms. The predicted molar refractivity (Wildman–Crippen MR) is 91.7 cm³/mol. The maximum Gasteiger partial charge on any atom is 0.317 e. The van der Waals surface area contributed by atoms with Crippen molar-refractivity contribution < 1.29 is 14.3 Å². The Morgan fingerprint density at radius 1 is 1.04 bits per heavy atom. The Morgan fingerprint density at radius 3 is 2.71 bits per heavy atom. The maximum atomic E-state index is 12.9. The van der Waals surface area contributed by atoms with Gasteiger partial charge in [-0.2, -0.15) is 0 Å². The van der Waals surface area contributed by atoms with Gasteiger partial charge in [-0.05, 0) is 32.1 Å². The van der Waals surface area contributed by atoms with Crippen molar-refractivity contribution in [3.8, 4) is 0 Å². The van der Waals surface area contributed by atoms with Crippen LogP contribution in [0.5, 0.6) is 0 Å². The smallest absolute Gasteiger partial charge is 0.317 e. The van der Waals surface area contributed by atoms with E-state index in [0.29, 0.717) is 32.3 Å². The van der Waals surface area contributed by atoms with Crippen LogP contribution in [0, 0.1) is 5.92 Å². The van der Waals surface area contributed by atoms with Crippen LogP contribution in [0.2, 0.25) is 0 Å². The molecule has 0 aromatic rings. The van der Waals surface area contributed by atoms with Crippen molar-refractivity contribution in [1.82, 2.24) is 15.5 Å². The molecule has 3 aliphatic rings. The summed E-state index contributed by atoms with van der Waals surface area (Å²) in [4.78, 5) is 27.3. The van der Waals surface area contributed by atoms with Gasteiger partial charge >= 0.3 is 6.03 Å². The molecule has 24 heavy (non-hydrogen) atoms. The van der Waals surface area contributed by atoms with Gasteiger partial charge in [0.25, 0.3) is 0 Å². The Bertz CT molecular complexity index is 437. The summed E-state index contributed by atoms with van der Waals surface area (Å²) in [5.74, 6) is 0.0127. The predicted octanol–water partition coefficient (Wildman–Crippen LogP) is 2.04. The van der Waals surface area contributed by atoms with Crippen LogP contribution < -0.4 is 10.6 Å². The Morgan fingerprint density at radius 2 is 1.88 bits per heavy atom. The van der Waals surface area contributed by atoms with E-state index in [1.165, 1.54) is 19.3 Å². The molecule has 2 N–H and O–H groups in total. The Kier molecular flexibility index (Phi) is 6.35. The molecule has 3 rings (SSSR count). The third kappa shape index (κ3) is 4.41. The highest BCUT2D eigenvalue weighted by Crippen LogP contribution is 2.31. The Balaban J connectivity index is 1.68. The fraction of sp³-hybridized carbons (Fsp3) is 0.889. The minimum absolute atomic E-state index is 0.0193. The summed E-state index contributed by atoms with van der Waals surface area (Å²) in [6, 6.07) is 0.354. The molecule has 6 heteroatoms. The summed E-state index contributed by atoms with van der Waals surface area (Å²) in [6.45, 7) is 2.43. The highest BCUT2D eigenvalue weighted by atomic mass is 16.5. The molecule has 136 valence electrons. The molecule has 1 saturated heterocycles. The van der Waals surface area contributed by atoms with Crippen molar-refractivity contribution >= 4 is 11.9 Å². The molecule has 1 heterocycles. The van der Waals surface area contributed by atoms with E-state index in [2.05, 4.69) is 10.6 Å². The normalized spacial score (nSPS) is 30.2. The Labute approximate surface area is 144 Å². The van der Waals surface area contributed by atoms with Crippen LogP contribution in [0.3, 0.4) is 0 Å². The van der Waals surface area contributed by atoms with Crippen molar-refractivity contribution in [2.45, 2.75) is 69.9 Å². The third-order valence-corrected chi connectivity index (χ3v) is 5.64. The quantitative estimate of drug-likeness (QED) is 0.769. The van der Waals surface area contributed by atoms with Gasteiger partial charge in [0.2, 0.25) is 5.91 Å². The Hall–Kier alpha value is -1.30. The van der Waals surface area contributed by atoms with E-state index in [1.54, 1.807) is 0 Å². The van der Waals surface area contributed by atoms with E-state index >= 15 is 0 Å². The first kappa shape index (κ1) is 17.5. The lowest BCUT2D eigenvalue weighted by Crippen LogP contribution is -2.53. The van der Waals surface area contributed by atoms with E-state index in [-0.39, 0.29) is 23.9 Å². The fourth-order valence-corrected chi connectivity index (χ4v) is 4.36. The molecule has 0 radical (unpaired) electrons. The summed E-state index contributed by atoms with van der Waals surface area (Å²) in [5, 5.41) is 6.20. The molecule has 0 spiro atoms. The van der Waals surface area contributed by atoms with Gasteiger partial charge in [-0.25, -0.2) is 4.79 Å². The van der Waals surface area contributed by atoms with Crippen LogP contribution >= 0.6 is 0 Å². The number of ether oxygens (including phenoxy) is 1. The first-order valence-corrected chi connectivity index (χ1v) is 9.68. The number of urea groups is 1. The van der Waals surface area contributed by atoms with Crippen LogP contribution in [-0.4, -0.2) is 55.2 Å². The molecule has 0 aromatic heterocycles. The van der Waals surface area contributed by atoms with Crippen molar-refractivity contribution in [3.05, 3.63) is 0 Å². The first-order valence-electron chi connectivity index (χ1n) is 9.68. The second-order valence-electron chi connectivity index (χ2n) is 7.34. The molecule has 1 aliphatic heterocycles. The molecular weight excluding hydrogens is 306 g/mol. The molecule has 3 fully saturated rings. The molecule has 0 aromatic carbocycles.